The van der Waals surface area contributed by atoms with Gasteiger partial charge < -0.3 is 0 Å². The van der Waals surface area contributed by atoms with E-state index < -0.39 is 0 Å². The standard InChI is InChI=1S/C16H16ClF/c1-10-6-7-12-11-4-2-3-5-13(11)16(18)9-14(12)15(17)8-10/h2-5,9-10,15H,6-8H2,1H3. The summed E-state index contributed by atoms with van der Waals surface area (Å²) < 4.78 is 14.1. The summed E-state index contributed by atoms with van der Waals surface area (Å²) in [6.45, 7) is 2.22. The van der Waals surface area contributed by atoms with Gasteiger partial charge in [0.25, 0.3) is 0 Å². The molecule has 0 saturated carbocycles. The first-order valence-corrected chi connectivity index (χ1v) is 6.94. The number of rotatable bonds is 0. The van der Waals surface area contributed by atoms with Crippen molar-refractivity contribution in [1.29, 1.82) is 0 Å². The van der Waals surface area contributed by atoms with Gasteiger partial charge in [0.2, 0.25) is 0 Å². The molecule has 3 rings (SSSR count). The molecule has 1 aliphatic rings. The Morgan fingerprint density at radius 3 is 2.72 bits per heavy atom. The number of fused-ring (bicyclic) bond motifs is 3. The van der Waals surface area contributed by atoms with Crippen LogP contribution in [0.2, 0.25) is 0 Å². The molecule has 1 aliphatic carbocycles. The van der Waals surface area contributed by atoms with Crippen molar-refractivity contribution in [3.8, 4) is 0 Å². The van der Waals surface area contributed by atoms with Crippen molar-refractivity contribution in [3.63, 3.8) is 0 Å². The molecule has 0 saturated heterocycles. The van der Waals surface area contributed by atoms with E-state index in [1.54, 1.807) is 6.07 Å². The van der Waals surface area contributed by atoms with Crippen molar-refractivity contribution in [1.82, 2.24) is 0 Å². The van der Waals surface area contributed by atoms with Gasteiger partial charge in [-0.15, -0.1) is 11.6 Å². The quantitative estimate of drug-likeness (QED) is 0.450. The minimum absolute atomic E-state index is 0.0587. The normalized spacial score (nSPS) is 23.7. The fourth-order valence-corrected chi connectivity index (χ4v) is 3.46. The highest BCUT2D eigenvalue weighted by Gasteiger charge is 2.23. The van der Waals surface area contributed by atoms with Gasteiger partial charge >= 0.3 is 0 Å². The summed E-state index contributed by atoms with van der Waals surface area (Å²) >= 11 is 6.45. The first-order valence-electron chi connectivity index (χ1n) is 6.51. The predicted molar refractivity (Wildman–Crippen MR) is 74.6 cm³/mol. The molecule has 0 amide bonds. The summed E-state index contributed by atoms with van der Waals surface area (Å²) in [5.74, 6) is 0.450. The number of alkyl halides is 1. The van der Waals surface area contributed by atoms with Crippen molar-refractivity contribution in [2.45, 2.75) is 31.6 Å². The third-order valence-electron chi connectivity index (χ3n) is 3.97. The molecule has 0 aromatic heterocycles. The zero-order valence-corrected chi connectivity index (χ0v) is 11.2. The van der Waals surface area contributed by atoms with Crippen LogP contribution in [0.4, 0.5) is 4.39 Å². The van der Waals surface area contributed by atoms with Gasteiger partial charge in [-0.3, -0.25) is 0 Å². The first kappa shape index (κ1) is 12.0. The second kappa shape index (κ2) is 4.55. The van der Waals surface area contributed by atoms with E-state index >= 15 is 0 Å². The summed E-state index contributed by atoms with van der Waals surface area (Å²) in [6, 6.07) is 9.36. The molecule has 2 atom stereocenters. The van der Waals surface area contributed by atoms with E-state index in [9.17, 15) is 4.39 Å². The molecule has 2 unspecified atom stereocenters. The third-order valence-corrected chi connectivity index (χ3v) is 4.39. The van der Waals surface area contributed by atoms with E-state index in [2.05, 4.69) is 6.92 Å². The average molecular weight is 263 g/mol. The Hall–Kier alpha value is -1.08. The maximum Gasteiger partial charge on any atom is 0.131 e. The molecule has 0 spiro atoms. The van der Waals surface area contributed by atoms with Crippen LogP contribution < -0.4 is 0 Å². The van der Waals surface area contributed by atoms with Crippen molar-refractivity contribution >= 4 is 22.4 Å². The lowest BCUT2D eigenvalue weighted by Gasteiger charge is -2.14. The molecule has 18 heavy (non-hydrogen) atoms. The summed E-state index contributed by atoms with van der Waals surface area (Å²) in [6.07, 6.45) is 3.07. The van der Waals surface area contributed by atoms with Crippen LogP contribution >= 0.6 is 11.6 Å². The first-order chi connectivity index (χ1) is 8.66. The van der Waals surface area contributed by atoms with Gasteiger partial charge in [0.15, 0.2) is 0 Å². The zero-order valence-electron chi connectivity index (χ0n) is 10.4. The van der Waals surface area contributed by atoms with Crippen LogP contribution in [0.15, 0.2) is 30.3 Å². The van der Waals surface area contributed by atoms with Crippen molar-refractivity contribution < 1.29 is 4.39 Å². The molecule has 94 valence electrons. The molecule has 0 fully saturated rings. The Balaban J connectivity index is 2.28. The minimum Gasteiger partial charge on any atom is -0.206 e. The van der Waals surface area contributed by atoms with E-state index in [1.165, 1.54) is 5.56 Å². The van der Waals surface area contributed by atoms with Crippen LogP contribution in [0.1, 0.15) is 36.3 Å². The van der Waals surface area contributed by atoms with Crippen molar-refractivity contribution in [3.05, 3.63) is 47.3 Å². The smallest absolute Gasteiger partial charge is 0.131 e. The third kappa shape index (κ3) is 1.91. The lowest BCUT2D eigenvalue weighted by molar-refractivity contribution is 0.503. The van der Waals surface area contributed by atoms with Gasteiger partial charge in [0, 0.05) is 5.39 Å². The molecule has 2 aromatic rings. The molecule has 0 bridgehead atoms. The molecule has 0 N–H and O–H groups in total. The van der Waals surface area contributed by atoms with Gasteiger partial charge in [-0.05, 0) is 47.8 Å². The number of hydrogen-bond donors (Lipinski definition) is 0. The summed E-state index contributed by atoms with van der Waals surface area (Å²) in [5.41, 5.74) is 2.24. The number of halogens is 2. The van der Waals surface area contributed by atoms with E-state index in [-0.39, 0.29) is 11.2 Å². The molecule has 2 aromatic carbocycles. The van der Waals surface area contributed by atoms with Gasteiger partial charge in [0.1, 0.15) is 5.82 Å². The van der Waals surface area contributed by atoms with Crippen molar-refractivity contribution in [2.75, 3.05) is 0 Å². The fourth-order valence-electron chi connectivity index (χ4n) is 2.96. The second-order valence-electron chi connectivity index (χ2n) is 5.32. The maximum atomic E-state index is 14.1. The van der Waals surface area contributed by atoms with Gasteiger partial charge in [0.05, 0.1) is 5.38 Å². The van der Waals surface area contributed by atoms with E-state index in [0.29, 0.717) is 5.92 Å². The van der Waals surface area contributed by atoms with Crippen LogP contribution in [-0.2, 0) is 6.42 Å². The lowest BCUT2D eigenvalue weighted by atomic mass is 9.95. The van der Waals surface area contributed by atoms with Crippen LogP contribution in [-0.4, -0.2) is 0 Å². The minimum atomic E-state index is -0.149. The van der Waals surface area contributed by atoms with Crippen LogP contribution in [0.3, 0.4) is 0 Å². The van der Waals surface area contributed by atoms with E-state index in [4.69, 9.17) is 11.6 Å². The van der Waals surface area contributed by atoms with Gasteiger partial charge in [-0.2, -0.15) is 0 Å². The Labute approximate surface area is 112 Å². The Bertz CT molecular complexity index is 591. The highest BCUT2D eigenvalue weighted by atomic mass is 35.5. The Kier molecular flexibility index (Phi) is 3.03. The summed E-state index contributed by atoms with van der Waals surface area (Å²) in [4.78, 5) is 0. The SMILES string of the molecule is CC1CCc2c(cc(F)c3ccccc23)C(Cl)C1. The largest absolute Gasteiger partial charge is 0.206 e. The Morgan fingerprint density at radius 2 is 1.94 bits per heavy atom. The molecule has 0 aliphatic heterocycles. The monoisotopic (exact) mass is 262 g/mol. The van der Waals surface area contributed by atoms with Gasteiger partial charge in [-0.25, -0.2) is 4.39 Å². The number of aryl methyl sites for hydroxylation is 1. The highest BCUT2D eigenvalue weighted by Crippen LogP contribution is 2.39. The van der Waals surface area contributed by atoms with E-state index in [0.717, 1.165) is 35.6 Å². The van der Waals surface area contributed by atoms with Crippen LogP contribution in [0.5, 0.6) is 0 Å². The van der Waals surface area contributed by atoms with Crippen molar-refractivity contribution in [2.24, 2.45) is 5.92 Å². The molecule has 2 heteroatoms. The average Bonchev–Trinajstić information content (AvgIpc) is 2.50. The molecular weight excluding hydrogens is 247 g/mol. The molecule has 0 heterocycles. The predicted octanol–water partition coefficient (Wildman–Crippen LogP) is 5.23. The maximum absolute atomic E-state index is 14.1. The van der Waals surface area contributed by atoms with Crippen LogP contribution in [0, 0.1) is 11.7 Å². The lowest BCUT2D eigenvalue weighted by Crippen LogP contribution is -1.98. The topological polar surface area (TPSA) is 0 Å². The van der Waals surface area contributed by atoms with Gasteiger partial charge in [-0.1, -0.05) is 31.2 Å². The zero-order chi connectivity index (χ0) is 12.7. The number of benzene rings is 2. The fraction of sp³-hybridized carbons (Fsp3) is 0.375. The molecular formula is C16H16ClF. The molecule has 0 radical (unpaired) electrons. The van der Waals surface area contributed by atoms with E-state index in [1.807, 2.05) is 24.3 Å². The summed E-state index contributed by atoms with van der Waals surface area (Å²) in [5, 5.41) is 1.69. The Morgan fingerprint density at radius 1 is 1.22 bits per heavy atom. The van der Waals surface area contributed by atoms with Crippen LogP contribution in [0.25, 0.3) is 10.8 Å². The molecule has 0 nitrogen and oxygen atoms in total. The second-order valence-corrected chi connectivity index (χ2v) is 5.85. The highest BCUT2D eigenvalue weighted by molar-refractivity contribution is 6.21. The summed E-state index contributed by atoms with van der Waals surface area (Å²) in [7, 11) is 0. The number of hydrogen-bond acceptors (Lipinski definition) is 0.